The first-order chi connectivity index (χ1) is 15.0. The highest BCUT2D eigenvalue weighted by Gasteiger charge is 2.31. The molecule has 1 aromatic rings. The highest BCUT2D eigenvalue weighted by atomic mass is 35.5. The van der Waals surface area contributed by atoms with Gasteiger partial charge in [0.05, 0.1) is 0 Å². The number of piperazine rings is 1. The summed E-state index contributed by atoms with van der Waals surface area (Å²) < 4.78 is 5.35. The highest BCUT2D eigenvalue weighted by molar-refractivity contribution is 8.13. The van der Waals surface area contributed by atoms with E-state index in [1.54, 1.807) is 50.1 Å². The maximum absolute atomic E-state index is 13.3. The summed E-state index contributed by atoms with van der Waals surface area (Å²) in [5.41, 5.74) is -0.00913. The Morgan fingerprint density at radius 3 is 2.41 bits per heavy atom. The minimum Gasteiger partial charge on any atom is -0.444 e. The second-order valence-corrected chi connectivity index (χ2v) is 9.77. The second-order valence-electron chi connectivity index (χ2n) is 8.15. The van der Waals surface area contributed by atoms with Crippen LogP contribution in [-0.4, -0.2) is 71.0 Å². The van der Waals surface area contributed by atoms with Crippen LogP contribution in [0, 0.1) is 11.5 Å². The minimum absolute atomic E-state index is 0.195. The Kier molecular flexibility index (Phi) is 9.49. The van der Waals surface area contributed by atoms with E-state index in [0.29, 0.717) is 47.0 Å². The van der Waals surface area contributed by atoms with Gasteiger partial charge in [-0.25, -0.2) is 4.79 Å². The normalized spacial score (nSPS) is 15.7. The average Bonchev–Trinajstić information content (AvgIpc) is 2.71. The number of nitrogens with zero attached hydrogens (tertiary/aromatic N) is 4. The third kappa shape index (κ3) is 7.76. The van der Waals surface area contributed by atoms with Gasteiger partial charge >= 0.3 is 6.09 Å². The van der Waals surface area contributed by atoms with E-state index in [1.807, 2.05) is 11.2 Å². The number of rotatable bonds is 4. The van der Waals surface area contributed by atoms with Gasteiger partial charge in [0.25, 0.3) is 0 Å². The molecule has 32 heavy (non-hydrogen) atoms. The van der Waals surface area contributed by atoms with E-state index in [0.717, 1.165) is 0 Å². The molecule has 0 aliphatic carbocycles. The largest absolute Gasteiger partial charge is 0.444 e. The third-order valence-electron chi connectivity index (χ3n) is 4.62. The fourth-order valence-corrected chi connectivity index (χ4v) is 4.24. The number of nitrogens with one attached hydrogen (secondary N) is 1. The van der Waals surface area contributed by atoms with E-state index in [-0.39, 0.29) is 12.3 Å². The van der Waals surface area contributed by atoms with Crippen LogP contribution in [0.2, 0.25) is 10.0 Å². The van der Waals surface area contributed by atoms with Crippen LogP contribution in [0.25, 0.3) is 0 Å². The number of carbonyl (C=O) groups excluding carboxylic acids is 2. The molecule has 1 saturated heterocycles. The summed E-state index contributed by atoms with van der Waals surface area (Å²) >= 11 is 13.7. The molecule has 2 rings (SSSR count). The van der Waals surface area contributed by atoms with Crippen molar-refractivity contribution in [3.8, 4) is 6.19 Å². The number of hydrogen-bond acceptors (Lipinski definition) is 6. The Morgan fingerprint density at radius 1 is 1.25 bits per heavy atom. The quantitative estimate of drug-likeness (QED) is 0.384. The summed E-state index contributed by atoms with van der Waals surface area (Å²) in [6, 6.07) is 4.17. The predicted octanol–water partition coefficient (Wildman–Crippen LogP) is 3.77. The van der Waals surface area contributed by atoms with Gasteiger partial charge in [-0.2, -0.15) is 5.26 Å². The number of ether oxygens (including phenoxy) is 1. The van der Waals surface area contributed by atoms with Crippen LogP contribution in [-0.2, 0) is 16.0 Å². The van der Waals surface area contributed by atoms with Gasteiger partial charge in [-0.15, -0.1) is 4.99 Å². The summed E-state index contributed by atoms with van der Waals surface area (Å²) in [6.45, 7) is 7.21. The van der Waals surface area contributed by atoms with Gasteiger partial charge in [0.2, 0.25) is 12.1 Å². The van der Waals surface area contributed by atoms with Crippen LogP contribution in [0.15, 0.2) is 23.2 Å². The number of alkyl carbamates (subject to hydrolysis) is 1. The number of hydrogen-bond donors (Lipinski definition) is 1. The van der Waals surface area contributed by atoms with Crippen molar-refractivity contribution < 1.29 is 14.3 Å². The van der Waals surface area contributed by atoms with Crippen LogP contribution in [0.4, 0.5) is 4.79 Å². The zero-order valence-electron chi connectivity index (χ0n) is 18.5. The first kappa shape index (κ1) is 26.1. The van der Waals surface area contributed by atoms with Crippen LogP contribution < -0.4 is 5.32 Å². The fourth-order valence-electron chi connectivity index (χ4n) is 3.18. The lowest BCUT2D eigenvalue weighted by molar-refractivity contribution is -0.134. The molecule has 1 aliphatic heterocycles. The zero-order valence-corrected chi connectivity index (χ0v) is 20.9. The number of carbonyl (C=O) groups is 2. The Labute approximate surface area is 202 Å². The molecule has 11 heteroatoms. The molecule has 2 amide bonds. The van der Waals surface area contributed by atoms with Crippen molar-refractivity contribution >= 4 is 52.1 Å². The average molecular weight is 500 g/mol. The van der Waals surface area contributed by atoms with Crippen LogP contribution in [0.1, 0.15) is 26.3 Å². The van der Waals surface area contributed by atoms with Gasteiger partial charge in [-0.05, 0) is 44.7 Å². The molecule has 0 spiro atoms. The molecule has 1 heterocycles. The van der Waals surface area contributed by atoms with E-state index in [9.17, 15) is 9.59 Å². The van der Waals surface area contributed by atoms with Crippen LogP contribution in [0.3, 0.4) is 0 Å². The van der Waals surface area contributed by atoms with Crippen molar-refractivity contribution in [3.63, 3.8) is 0 Å². The lowest BCUT2D eigenvalue weighted by Gasteiger charge is -2.37. The van der Waals surface area contributed by atoms with Gasteiger partial charge in [0.15, 0.2) is 5.17 Å². The third-order valence-corrected chi connectivity index (χ3v) is 5.92. The molecule has 0 radical (unpaired) electrons. The molecule has 174 valence electrons. The Hall–Kier alpha value is -2.15. The molecular formula is C21H27Cl2N5O3S. The molecule has 1 aromatic carbocycles. The summed E-state index contributed by atoms with van der Waals surface area (Å²) in [6.07, 6.45) is 3.18. The SMILES string of the molecule is CS/C(=N\C#N)N1CCN(C(=O)C(Cc2ccc(Cl)cc2Cl)NC(=O)OC(C)(C)C)CC1. The monoisotopic (exact) mass is 499 g/mol. The first-order valence-electron chi connectivity index (χ1n) is 10.0. The van der Waals surface area contributed by atoms with Crippen molar-refractivity contribution in [2.24, 2.45) is 4.99 Å². The highest BCUT2D eigenvalue weighted by Crippen LogP contribution is 2.23. The molecule has 1 aliphatic rings. The summed E-state index contributed by atoms with van der Waals surface area (Å²) in [7, 11) is 0. The number of amides is 2. The molecule has 1 N–H and O–H groups in total. The number of aliphatic imine (C=N–C) groups is 1. The Balaban J connectivity index is 2.15. The number of nitriles is 1. The van der Waals surface area contributed by atoms with Crippen molar-refractivity contribution in [2.45, 2.75) is 38.8 Å². The van der Waals surface area contributed by atoms with Crippen molar-refractivity contribution in [2.75, 3.05) is 32.4 Å². The smallest absolute Gasteiger partial charge is 0.408 e. The van der Waals surface area contributed by atoms with Crippen molar-refractivity contribution in [3.05, 3.63) is 33.8 Å². The summed E-state index contributed by atoms with van der Waals surface area (Å²) in [5, 5.41) is 13.1. The maximum Gasteiger partial charge on any atom is 0.408 e. The van der Waals surface area contributed by atoms with E-state index >= 15 is 0 Å². The fraction of sp³-hybridized carbons (Fsp3) is 0.524. The minimum atomic E-state index is -0.858. The molecular weight excluding hydrogens is 473 g/mol. The van der Waals surface area contributed by atoms with Gasteiger partial charge in [-0.3, -0.25) is 4.79 Å². The number of thioether (sulfide) groups is 1. The van der Waals surface area contributed by atoms with Gasteiger partial charge in [0.1, 0.15) is 11.6 Å². The van der Waals surface area contributed by atoms with Crippen molar-refractivity contribution in [1.82, 2.24) is 15.1 Å². The van der Waals surface area contributed by atoms with E-state index in [2.05, 4.69) is 10.3 Å². The van der Waals surface area contributed by atoms with Gasteiger partial charge < -0.3 is 19.9 Å². The summed E-state index contributed by atoms with van der Waals surface area (Å²) in [5.74, 6) is -0.232. The van der Waals surface area contributed by atoms with E-state index < -0.39 is 17.7 Å². The van der Waals surface area contributed by atoms with Gasteiger partial charge in [0, 0.05) is 42.6 Å². The first-order valence-corrected chi connectivity index (χ1v) is 12.0. The number of halogens is 2. The number of amidine groups is 1. The Bertz CT molecular complexity index is 906. The molecule has 0 bridgehead atoms. The predicted molar refractivity (Wildman–Crippen MR) is 128 cm³/mol. The van der Waals surface area contributed by atoms with Crippen LogP contribution >= 0.6 is 35.0 Å². The molecule has 1 atom stereocenters. The standard InChI is InChI=1S/C21H27Cl2N5O3S/c1-21(2,3)31-20(30)26-17(11-14-5-6-15(22)12-16(14)23)18(29)27-7-9-28(10-8-27)19(32-4)25-13-24/h5-6,12,17H,7-11H2,1-4H3,(H,26,30)/b25-19-. The second kappa shape index (κ2) is 11.6. The zero-order chi connectivity index (χ0) is 23.9. The van der Waals surface area contributed by atoms with Crippen LogP contribution in [0.5, 0.6) is 0 Å². The summed E-state index contributed by atoms with van der Waals surface area (Å²) in [4.78, 5) is 33.2. The lowest BCUT2D eigenvalue weighted by atomic mass is 10.0. The van der Waals surface area contributed by atoms with E-state index in [4.69, 9.17) is 33.2 Å². The maximum atomic E-state index is 13.3. The topological polar surface area (TPSA) is 98.0 Å². The van der Waals surface area contributed by atoms with E-state index in [1.165, 1.54) is 11.8 Å². The molecule has 1 unspecified atom stereocenters. The molecule has 0 saturated carbocycles. The lowest BCUT2D eigenvalue weighted by Crippen LogP contribution is -2.56. The van der Waals surface area contributed by atoms with Gasteiger partial charge in [-0.1, -0.05) is 41.0 Å². The Morgan fingerprint density at radius 2 is 1.88 bits per heavy atom. The number of benzene rings is 1. The molecule has 8 nitrogen and oxygen atoms in total. The molecule has 0 aromatic heterocycles. The van der Waals surface area contributed by atoms with Crippen molar-refractivity contribution in [1.29, 1.82) is 5.26 Å². The molecule has 1 fully saturated rings.